The Morgan fingerprint density at radius 1 is 1.23 bits per heavy atom. The number of hydrogen-bond acceptors (Lipinski definition) is 5. The van der Waals surface area contributed by atoms with Gasteiger partial charge in [-0.05, 0) is 98.9 Å². The molecule has 1 aliphatic heterocycles. The summed E-state index contributed by atoms with van der Waals surface area (Å²) in [4.78, 5) is 38.3. The van der Waals surface area contributed by atoms with Crippen molar-refractivity contribution in [1.82, 2.24) is 4.90 Å². The molecule has 10 heteroatoms. The zero-order valence-corrected chi connectivity index (χ0v) is 21.0. The second-order valence-corrected chi connectivity index (χ2v) is 9.56. The summed E-state index contributed by atoms with van der Waals surface area (Å²) in [5.74, 6) is -0.930. The Balaban J connectivity index is 1.73. The van der Waals surface area contributed by atoms with Gasteiger partial charge in [0.05, 0.1) is 12.0 Å². The van der Waals surface area contributed by atoms with Gasteiger partial charge >= 0.3 is 0 Å². The molecule has 2 aromatic carbocycles. The molecule has 0 aliphatic carbocycles. The van der Waals surface area contributed by atoms with E-state index in [4.69, 9.17) is 4.74 Å². The van der Waals surface area contributed by atoms with E-state index >= 15 is 0 Å². The smallest absolute Gasteiger partial charge is 0.294 e. The van der Waals surface area contributed by atoms with Gasteiger partial charge in [0.1, 0.15) is 24.7 Å². The number of nitrogens with one attached hydrogen (secondary N) is 1. The average Bonchev–Trinajstić information content (AvgIpc) is 2.95. The van der Waals surface area contributed by atoms with Crippen molar-refractivity contribution in [2.24, 2.45) is 0 Å². The fourth-order valence-electron chi connectivity index (χ4n) is 2.64. The quantitative estimate of drug-likeness (QED) is 0.248. The lowest BCUT2D eigenvalue weighted by atomic mass is 10.2. The van der Waals surface area contributed by atoms with Crippen LogP contribution in [0.3, 0.4) is 0 Å². The van der Waals surface area contributed by atoms with E-state index in [0.29, 0.717) is 6.61 Å². The zero-order chi connectivity index (χ0) is 22.5. The topological polar surface area (TPSA) is 75.7 Å². The SMILES string of the molecule is C=CCOc1c(I)cc(/C=C2/SC(=O)N(CC(=O)Nc3cccc(F)c3)C2=O)cc1I. The molecule has 0 bridgehead atoms. The number of thioether (sulfide) groups is 1. The van der Waals surface area contributed by atoms with Gasteiger partial charge < -0.3 is 10.1 Å². The van der Waals surface area contributed by atoms with Gasteiger partial charge in [-0.25, -0.2) is 4.39 Å². The molecular weight excluding hydrogens is 649 g/mol. The molecule has 1 heterocycles. The molecule has 3 amide bonds. The van der Waals surface area contributed by atoms with E-state index < -0.39 is 29.4 Å². The zero-order valence-electron chi connectivity index (χ0n) is 15.9. The van der Waals surface area contributed by atoms with Crippen LogP contribution in [0.5, 0.6) is 5.75 Å². The molecule has 0 aromatic heterocycles. The van der Waals surface area contributed by atoms with Crippen LogP contribution in [0.2, 0.25) is 0 Å². The van der Waals surface area contributed by atoms with Gasteiger partial charge in [-0.2, -0.15) is 0 Å². The molecule has 0 radical (unpaired) electrons. The molecule has 160 valence electrons. The largest absolute Gasteiger partial charge is 0.487 e. The van der Waals surface area contributed by atoms with Gasteiger partial charge in [-0.1, -0.05) is 18.7 Å². The van der Waals surface area contributed by atoms with Gasteiger partial charge in [0.2, 0.25) is 5.91 Å². The molecule has 31 heavy (non-hydrogen) atoms. The number of hydrogen-bond donors (Lipinski definition) is 1. The molecule has 0 saturated carbocycles. The van der Waals surface area contributed by atoms with Crippen molar-refractivity contribution in [3.8, 4) is 5.75 Å². The van der Waals surface area contributed by atoms with Crippen molar-refractivity contribution < 1.29 is 23.5 Å². The van der Waals surface area contributed by atoms with Gasteiger partial charge in [-0.15, -0.1) is 0 Å². The number of imide groups is 1. The first-order valence-corrected chi connectivity index (χ1v) is 11.8. The summed E-state index contributed by atoms with van der Waals surface area (Å²) in [6.07, 6.45) is 3.26. The second-order valence-electron chi connectivity index (χ2n) is 6.24. The highest BCUT2D eigenvalue weighted by molar-refractivity contribution is 14.1. The highest BCUT2D eigenvalue weighted by atomic mass is 127. The fraction of sp³-hybridized carbons (Fsp3) is 0.0952. The van der Waals surface area contributed by atoms with E-state index in [0.717, 1.165) is 41.2 Å². The Bertz CT molecular complexity index is 1080. The molecule has 1 fully saturated rings. The summed E-state index contributed by atoms with van der Waals surface area (Å²) in [6, 6.07) is 9.04. The Morgan fingerprint density at radius 2 is 1.94 bits per heavy atom. The molecule has 1 N–H and O–H groups in total. The highest BCUT2D eigenvalue weighted by Crippen LogP contribution is 2.34. The lowest BCUT2D eigenvalue weighted by Gasteiger charge is -2.12. The van der Waals surface area contributed by atoms with Crippen molar-refractivity contribution in [3.63, 3.8) is 0 Å². The molecule has 1 saturated heterocycles. The Hall–Kier alpha value is -1.93. The van der Waals surface area contributed by atoms with Crippen LogP contribution in [0.1, 0.15) is 5.56 Å². The van der Waals surface area contributed by atoms with Crippen molar-refractivity contribution >= 4 is 85.8 Å². The monoisotopic (exact) mass is 664 g/mol. The third kappa shape index (κ3) is 6.07. The lowest BCUT2D eigenvalue weighted by molar-refractivity contribution is -0.127. The standard InChI is InChI=1S/C21H15FI2N2O4S/c1-2-6-30-19-15(23)7-12(8-16(19)24)9-17-20(28)26(21(29)31-17)11-18(27)25-14-5-3-4-13(22)10-14/h2-5,7-10H,1,6,11H2,(H,25,27)/b17-9+. The molecule has 1 aliphatic rings. The van der Waals surface area contributed by atoms with Crippen molar-refractivity contribution in [2.75, 3.05) is 18.5 Å². The minimum atomic E-state index is -0.595. The Kier molecular flexibility index (Phi) is 8.11. The van der Waals surface area contributed by atoms with E-state index in [-0.39, 0.29) is 10.6 Å². The molecule has 0 atom stereocenters. The second kappa shape index (κ2) is 10.6. The third-order valence-electron chi connectivity index (χ3n) is 3.95. The number of amides is 3. The Morgan fingerprint density at radius 3 is 2.58 bits per heavy atom. The molecule has 6 nitrogen and oxygen atoms in total. The number of carbonyl (C=O) groups excluding carboxylic acids is 3. The first kappa shape index (κ1) is 23.7. The third-order valence-corrected chi connectivity index (χ3v) is 6.46. The summed E-state index contributed by atoms with van der Waals surface area (Å²) >= 11 is 5.04. The van der Waals surface area contributed by atoms with Crippen LogP contribution in [0.15, 0.2) is 54.0 Å². The summed E-state index contributed by atoms with van der Waals surface area (Å²) in [5.41, 5.74) is 0.977. The maximum Gasteiger partial charge on any atom is 0.294 e. The van der Waals surface area contributed by atoms with Crippen LogP contribution >= 0.6 is 56.9 Å². The minimum absolute atomic E-state index is 0.218. The normalized spacial score (nSPS) is 14.8. The van der Waals surface area contributed by atoms with Crippen molar-refractivity contribution in [3.05, 3.63) is 72.5 Å². The number of carbonyl (C=O) groups is 3. The van der Waals surface area contributed by atoms with E-state index in [1.807, 2.05) is 12.1 Å². The maximum atomic E-state index is 13.3. The Labute approximate surface area is 209 Å². The molecule has 2 aromatic rings. The van der Waals surface area contributed by atoms with Gasteiger partial charge in [0.25, 0.3) is 11.1 Å². The summed E-state index contributed by atoms with van der Waals surface area (Å²) < 4.78 is 20.6. The van der Waals surface area contributed by atoms with Gasteiger partial charge in [0.15, 0.2) is 0 Å². The number of rotatable bonds is 7. The average molecular weight is 664 g/mol. The predicted molar refractivity (Wildman–Crippen MR) is 135 cm³/mol. The summed E-state index contributed by atoms with van der Waals surface area (Å²) in [6.45, 7) is 3.55. The van der Waals surface area contributed by atoms with Crippen LogP contribution in [0.25, 0.3) is 6.08 Å². The van der Waals surface area contributed by atoms with Gasteiger partial charge in [0, 0.05) is 5.69 Å². The van der Waals surface area contributed by atoms with Crippen LogP contribution in [0, 0.1) is 13.0 Å². The number of nitrogens with zero attached hydrogens (tertiary/aromatic N) is 1. The highest BCUT2D eigenvalue weighted by Gasteiger charge is 2.36. The number of ether oxygens (including phenoxy) is 1. The molecule has 3 rings (SSSR count). The first-order valence-electron chi connectivity index (χ1n) is 8.82. The molecule has 0 unspecified atom stereocenters. The van der Waals surface area contributed by atoms with Gasteiger partial charge in [-0.3, -0.25) is 19.3 Å². The maximum absolute atomic E-state index is 13.3. The lowest BCUT2D eigenvalue weighted by Crippen LogP contribution is -2.36. The minimum Gasteiger partial charge on any atom is -0.487 e. The number of anilines is 1. The van der Waals surface area contributed by atoms with Crippen LogP contribution < -0.4 is 10.1 Å². The van der Waals surface area contributed by atoms with Crippen LogP contribution in [-0.4, -0.2) is 35.1 Å². The van der Waals surface area contributed by atoms with E-state index in [1.165, 1.54) is 18.2 Å². The number of halogens is 3. The van der Waals surface area contributed by atoms with E-state index in [9.17, 15) is 18.8 Å². The van der Waals surface area contributed by atoms with Crippen molar-refractivity contribution in [1.29, 1.82) is 0 Å². The van der Waals surface area contributed by atoms with Crippen LogP contribution in [0.4, 0.5) is 14.9 Å². The predicted octanol–water partition coefficient (Wildman–Crippen LogP) is 5.27. The van der Waals surface area contributed by atoms with E-state index in [2.05, 4.69) is 57.1 Å². The first-order chi connectivity index (χ1) is 14.8. The summed E-state index contributed by atoms with van der Waals surface area (Å²) in [5, 5.41) is 1.94. The molecule has 0 spiro atoms. The van der Waals surface area contributed by atoms with Crippen LogP contribution in [-0.2, 0) is 9.59 Å². The summed E-state index contributed by atoms with van der Waals surface area (Å²) in [7, 11) is 0. The van der Waals surface area contributed by atoms with Crippen molar-refractivity contribution in [2.45, 2.75) is 0 Å². The van der Waals surface area contributed by atoms with E-state index in [1.54, 1.807) is 12.2 Å². The molecular formula is C21H15FI2N2O4S. The fourth-order valence-corrected chi connectivity index (χ4v) is 5.61. The number of benzene rings is 2.